The van der Waals surface area contributed by atoms with E-state index in [1.54, 1.807) is 11.5 Å². The second-order valence-electron chi connectivity index (χ2n) is 10.9. The molecule has 1 aliphatic rings. The van der Waals surface area contributed by atoms with Gasteiger partial charge in [0.2, 0.25) is 0 Å². The summed E-state index contributed by atoms with van der Waals surface area (Å²) < 4.78 is 13.9. The van der Waals surface area contributed by atoms with E-state index in [2.05, 4.69) is 24.3 Å². The van der Waals surface area contributed by atoms with Gasteiger partial charge in [0.1, 0.15) is 18.4 Å². The SMILES string of the molecule is CCOC(=O)C1=C(c2ccccc2)N=c2s/c(=C\c3ccc(OCc4cccc5ccccc45)c(C)c3)c(=O)n2C1c1cccs1. The van der Waals surface area contributed by atoms with Gasteiger partial charge in [0.15, 0.2) is 4.80 Å². The number of hydrogen-bond donors (Lipinski definition) is 0. The van der Waals surface area contributed by atoms with Gasteiger partial charge in [-0.3, -0.25) is 9.36 Å². The highest BCUT2D eigenvalue weighted by Gasteiger charge is 2.35. The largest absolute Gasteiger partial charge is 0.489 e. The first-order chi connectivity index (χ1) is 22.5. The van der Waals surface area contributed by atoms with Crippen LogP contribution in [0.1, 0.15) is 40.1 Å². The van der Waals surface area contributed by atoms with E-state index < -0.39 is 12.0 Å². The third kappa shape index (κ3) is 5.62. The zero-order chi connectivity index (χ0) is 31.6. The van der Waals surface area contributed by atoms with Gasteiger partial charge in [0, 0.05) is 10.4 Å². The Labute approximate surface area is 273 Å². The second-order valence-corrected chi connectivity index (χ2v) is 12.9. The molecule has 8 heteroatoms. The molecule has 0 fully saturated rings. The summed E-state index contributed by atoms with van der Waals surface area (Å²) in [5.74, 6) is 0.309. The van der Waals surface area contributed by atoms with Gasteiger partial charge in [-0.25, -0.2) is 9.79 Å². The summed E-state index contributed by atoms with van der Waals surface area (Å²) in [5.41, 5.74) is 4.44. The van der Waals surface area contributed by atoms with Crippen molar-refractivity contribution in [2.45, 2.75) is 26.5 Å². The number of aryl methyl sites for hydroxylation is 1. The number of benzene rings is 4. The molecule has 228 valence electrons. The maximum absolute atomic E-state index is 14.1. The molecule has 3 heterocycles. The first kappa shape index (κ1) is 29.6. The predicted molar refractivity (Wildman–Crippen MR) is 185 cm³/mol. The Morgan fingerprint density at radius 1 is 0.957 bits per heavy atom. The Hall–Kier alpha value is -5.05. The van der Waals surface area contributed by atoms with Gasteiger partial charge in [-0.1, -0.05) is 96.3 Å². The molecule has 0 bridgehead atoms. The Balaban J connectivity index is 1.27. The van der Waals surface area contributed by atoms with E-state index in [1.165, 1.54) is 33.4 Å². The normalized spacial score (nSPS) is 14.7. The van der Waals surface area contributed by atoms with Crippen molar-refractivity contribution in [2.75, 3.05) is 6.61 Å². The fourth-order valence-electron chi connectivity index (χ4n) is 5.81. The molecule has 0 spiro atoms. The summed E-state index contributed by atoms with van der Waals surface area (Å²) in [7, 11) is 0. The molecule has 1 aliphatic heterocycles. The molecule has 0 saturated heterocycles. The lowest BCUT2D eigenvalue weighted by molar-refractivity contribution is -0.138. The van der Waals surface area contributed by atoms with Crippen molar-refractivity contribution >= 4 is 51.2 Å². The zero-order valence-electron chi connectivity index (χ0n) is 25.3. The van der Waals surface area contributed by atoms with Crippen molar-refractivity contribution in [2.24, 2.45) is 4.99 Å². The number of carbonyl (C=O) groups is 1. The van der Waals surface area contributed by atoms with Crippen molar-refractivity contribution in [3.8, 4) is 5.75 Å². The van der Waals surface area contributed by atoms with Crippen molar-refractivity contribution < 1.29 is 14.3 Å². The van der Waals surface area contributed by atoms with E-state index in [4.69, 9.17) is 14.5 Å². The van der Waals surface area contributed by atoms with Crippen LogP contribution in [-0.4, -0.2) is 17.1 Å². The molecule has 2 aromatic heterocycles. The molecule has 4 aromatic carbocycles. The van der Waals surface area contributed by atoms with Crippen molar-refractivity contribution in [3.63, 3.8) is 0 Å². The van der Waals surface area contributed by atoms with E-state index in [1.807, 2.05) is 97.2 Å². The van der Waals surface area contributed by atoms with Crippen LogP contribution < -0.4 is 19.6 Å². The molecular formula is C38H30N2O4S2. The molecule has 0 aliphatic carbocycles. The molecular weight excluding hydrogens is 613 g/mol. The van der Waals surface area contributed by atoms with Gasteiger partial charge in [0.25, 0.3) is 5.56 Å². The summed E-state index contributed by atoms with van der Waals surface area (Å²) in [4.78, 5) is 33.9. The average Bonchev–Trinajstić information content (AvgIpc) is 3.72. The highest BCUT2D eigenvalue weighted by molar-refractivity contribution is 7.10. The minimum atomic E-state index is -0.653. The van der Waals surface area contributed by atoms with Gasteiger partial charge in [-0.05, 0) is 71.0 Å². The number of aromatic nitrogens is 1. The van der Waals surface area contributed by atoms with Gasteiger partial charge in [-0.2, -0.15) is 0 Å². The van der Waals surface area contributed by atoms with Crippen LogP contribution in [0.3, 0.4) is 0 Å². The fraction of sp³-hybridized carbons (Fsp3) is 0.132. The predicted octanol–water partition coefficient (Wildman–Crippen LogP) is 7.04. The maximum Gasteiger partial charge on any atom is 0.338 e. The lowest BCUT2D eigenvalue weighted by Gasteiger charge is -2.24. The Morgan fingerprint density at radius 3 is 2.54 bits per heavy atom. The Morgan fingerprint density at radius 2 is 1.76 bits per heavy atom. The maximum atomic E-state index is 14.1. The Kier molecular flexibility index (Phi) is 8.22. The van der Waals surface area contributed by atoms with Crippen LogP contribution in [0.2, 0.25) is 0 Å². The number of esters is 1. The van der Waals surface area contributed by atoms with Gasteiger partial charge in [-0.15, -0.1) is 11.3 Å². The number of thiophene rings is 1. The fourth-order valence-corrected chi connectivity index (χ4v) is 7.63. The molecule has 0 amide bonds. The smallest absolute Gasteiger partial charge is 0.338 e. The van der Waals surface area contributed by atoms with Crippen LogP contribution in [0, 0.1) is 6.92 Å². The summed E-state index contributed by atoms with van der Waals surface area (Å²) in [5, 5.41) is 4.31. The third-order valence-corrected chi connectivity index (χ3v) is 9.85. The quantitative estimate of drug-likeness (QED) is 0.167. The molecule has 6 aromatic rings. The number of fused-ring (bicyclic) bond motifs is 2. The van der Waals surface area contributed by atoms with Crippen LogP contribution in [-0.2, 0) is 16.1 Å². The highest BCUT2D eigenvalue weighted by atomic mass is 32.1. The van der Waals surface area contributed by atoms with Crippen molar-refractivity contribution in [1.82, 2.24) is 4.57 Å². The monoisotopic (exact) mass is 642 g/mol. The van der Waals surface area contributed by atoms with Gasteiger partial charge < -0.3 is 9.47 Å². The molecule has 0 saturated carbocycles. The number of rotatable bonds is 8. The number of carbonyl (C=O) groups excluding carboxylic acids is 1. The molecule has 0 N–H and O–H groups in total. The second kappa shape index (κ2) is 12.7. The van der Waals surface area contributed by atoms with E-state index in [-0.39, 0.29) is 12.2 Å². The first-order valence-corrected chi connectivity index (χ1v) is 16.7. The van der Waals surface area contributed by atoms with Gasteiger partial charge in [0.05, 0.1) is 22.4 Å². The van der Waals surface area contributed by atoms with Crippen LogP contribution in [0.4, 0.5) is 0 Å². The van der Waals surface area contributed by atoms with Crippen LogP contribution >= 0.6 is 22.7 Å². The molecule has 7 rings (SSSR count). The minimum Gasteiger partial charge on any atom is -0.489 e. The summed E-state index contributed by atoms with van der Waals surface area (Å²) in [6.45, 7) is 4.45. The standard InChI is InChI=1S/C38H30N2O4S2/c1-3-43-37(42)33-34(27-12-5-4-6-13-27)39-38-40(35(33)31-17-10-20-45-31)36(41)32(46-38)22-25-18-19-30(24(2)21-25)44-23-28-15-9-14-26-11-7-8-16-29(26)28/h4-22,35H,3,23H2,1-2H3/b32-22-. The van der Waals surface area contributed by atoms with E-state index in [0.717, 1.165) is 32.9 Å². The lowest BCUT2D eigenvalue weighted by Crippen LogP contribution is -2.39. The van der Waals surface area contributed by atoms with E-state index in [9.17, 15) is 9.59 Å². The topological polar surface area (TPSA) is 69.9 Å². The number of ether oxygens (including phenoxy) is 2. The summed E-state index contributed by atoms with van der Waals surface area (Å²) in [6.07, 6.45) is 1.88. The molecule has 46 heavy (non-hydrogen) atoms. The Bertz CT molecular complexity index is 2280. The van der Waals surface area contributed by atoms with Crippen molar-refractivity contribution in [1.29, 1.82) is 0 Å². The lowest BCUT2D eigenvalue weighted by atomic mass is 9.97. The molecule has 1 atom stereocenters. The van der Waals surface area contributed by atoms with E-state index >= 15 is 0 Å². The van der Waals surface area contributed by atoms with Crippen LogP contribution in [0.15, 0.2) is 124 Å². The average molecular weight is 643 g/mol. The van der Waals surface area contributed by atoms with Crippen molar-refractivity contribution in [3.05, 3.63) is 161 Å². The number of nitrogens with zero attached hydrogens (tertiary/aromatic N) is 2. The third-order valence-electron chi connectivity index (χ3n) is 7.95. The molecule has 0 radical (unpaired) electrons. The number of hydrogen-bond acceptors (Lipinski definition) is 7. The minimum absolute atomic E-state index is 0.204. The summed E-state index contributed by atoms with van der Waals surface area (Å²) >= 11 is 2.81. The van der Waals surface area contributed by atoms with Crippen LogP contribution in [0.5, 0.6) is 5.75 Å². The molecule has 1 unspecified atom stereocenters. The zero-order valence-corrected chi connectivity index (χ0v) is 26.9. The molecule has 6 nitrogen and oxygen atoms in total. The first-order valence-electron chi connectivity index (χ1n) is 15.0. The van der Waals surface area contributed by atoms with E-state index in [0.29, 0.717) is 27.2 Å². The number of thiazole rings is 1. The van der Waals surface area contributed by atoms with Gasteiger partial charge >= 0.3 is 5.97 Å². The van der Waals surface area contributed by atoms with Crippen LogP contribution in [0.25, 0.3) is 22.5 Å². The summed E-state index contributed by atoms with van der Waals surface area (Å²) in [6, 6.07) is 33.3. The highest BCUT2D eigenvalue weighted by Crippen LogP contribution is 2.37.